The van der Waals surface area contributed by atoms with Crippen LogP contribution in [-0.2, 0) is 14.3 Å². The van der Waals surface area contributed by atoms with Crippen molar-refractivity contribution in [2.75, 3.05) is 13.2 Å². The Morgan fingerprint density at radius 2 is 1.89 bits per heavy atom. The highest BCUT2D eigenvalue weighted by Crippen LogP contribution is 2.05. The number of carbonyl (C=O) groups is 3. The molecule has 0 saturated heterocycles. The first kappa shape index (κ1) is 17.2. The molecule has 7 heteroatoms. The van der Waals surface area contributed by atoms with Gasteiger partial charge in [0.25, 0.3) is 0 Å². The van der Waals surface area contributed by atoms with Crippen molar-refractivity contribution in [1.29, 1.82) is 0 Å². The lowest BCUT2D eigenvalue weighted by atomic mass is 10.0. The standard InChI is InChI=1S/C12H22N2O5/c1-4-19-11(17)5-6-13-12(18)14-9(8(2)3)7-10(15)16/h8-9H,4-7H2,1-3H3,(H,15,16)(H2,13,14,18). The fourth-order valence-corrected chi connectivity index (χ4v) is 1.37. The van der Waals surface area contributed by atoms with E-state index < -0.39 is 18.0 Å². The van der Waals surface area contributed by atoms with Crippen molar-refractivity contribution in [2.45, 2.75) is 39.7 Å². The Kier molecular flexibility index (Phi) is 8.32. The zero-order valence-electron chi connectivity index (χ0n) is 11.6. The summed E-state index contributed by atoms with van der Waals surface area (Å²) in [4.78, 5) is 33.2. The van der Waals surface area contributed by atoms with Gasteiger partial charge >= 0.3 is 18.0 Å². The van der Waals surface area contributed by atoms with E-state index in [1.165, 1.54) is 0 Å². The van der Waals surface area contributed by atoms with Crippen LogP contribution in [0.3, 0.4) is 0 Å². The van der Waals surface area contributed by atoms with E-state index in [0.29, 0.717) is 6.61 Å². The maximum absolute atomic E-state index is 11.5. The van der Waals surface area contributed by atoms with Crippen LogP contribution in [-0.4, -0.2) is 42.3 Å². The average molecular weight is 274 g/mol. The van der Waals surface area contributed by atoms with Gasteiger partial charge in [-0.1, -0.05) is 13.8 Å². The van der Waals surface area contributed by atoms with Gasteiger partial charge in [-0.3, -0.25) is 9.59 Å². The third-order valence-electron chi connectivity index (χ3n) is 2.44. The first-order valence-corrected chi connectivity index (χ1v) is 6.28. The molecule has 1 atom stereocenters. The molecular formula is C12H22N2O5. The van der Waals surface area contributed by atoms with Crippen LogP contribution in [0.4, 0.5) is 4.79 Å². The van der Waals surface area contributed by atoms with Crippen molar-refractivity contribution in [3.05, 3.63) is 0 Å². The van der Waals surface area contributed by atoms with Crippen LogP contribution in [0.15, 0.2) is 0 Å². The summed E-state index contributed by atoms with van der Waals surface area (Å²) in [7, 11) is 0. The zero-order valence-corrected chi connectivity index (χ0v) is 11.6. The van der Waals surface area contributed by atoms with Gasteiger partial charge in [-0.05, 0) is 12.8 Å². The Morgan fingerprint density at radius 1 is 1.26 bits per heavy atom. The van der Waals surface area contributed by atoms with Crippen LogP contribution in [0.25, 0.3) is 0 Å². The molecule has 0 aromatic carbocycles. The minimum atomic E-state index is -0.967. The van der Waals surface area contributed by atoms with Crippen molar-refractivity contribution < 1.29 is 24.2 Å². The second-order valence-electron chi connectivity index (χ2n) is 4.40. The number of aliphatic carboxylic acids is 1. The Balaban J connectivity index is 4.00. The lowest BCUT2D eigenvalue weighted by Crippen LogP contribution is -2.45. The Hall–Kier alpha value is -1.79. The summed E-state index contributed by atoms with van der Waals surface area (Å²) in [6, 6.07) is -0.927. The molecule has 0 aliphatic heterocycles. The van der Waals surface area contributed by atoms with E-state index in [1.807, 2.05) is 13.8 Å². The Morgan fingerprint density at radius 3 is 2.37 bits per heavy atom. The van der Waals surface area contributed by atoms with Gasteiger partial charge in [0.15, 0.2) is 0 Å². The van der Waals surface area contributed by atoms with Crippen LogP contribution in [0.5, 0.6) is 0 Å². The number of nitrogens with one attached hydrogen (secondary N) is 2. The summed E-state index contributed by atoms with van der Waals surface area (Å²) in [6.07, 6.45) is -0.0461. The van der Waals surface area contributed by atoms with Gasteiger partial charge in [-0.15, -0.1) is 0 Å². The molecule has 110 valence electrons. The second-order valence-corrected chi connectivity index (χ2v) is 4.40. The highest BCUT2D eigenvalue weighted by molar-refractivity contribution is 5.76. The molecule has 1 unspecified atom stereocenters. The molecule has 19 heavy (non-hydrogen) atoms. The van der Waals surface area contributed by atoms with Gasteiger partial charge in [-0.25, -0.2) is 4.79 Å². The lowest BCUT2D eigenvalue weighted by molar-refractivity contribution is -0.143. The fraction of sp³-hybridized carbons (Fsp3) is 0.750. The maximum Gasteiger partial charge on any atom is 0.315 e. The van der Waals surface area contributed by atoms with Gasteiger partial charge in [0, 0.05) is 12.6 Å². The van der Waals surface area contributed by atoms with E-state index >= 15 is 0 Å². The van der Waals surface area contributed by atoms with Crippen molar-refractivity contribution in [3.63, 3.8) is 0 Å². The zero-order chi connectivity index (χ0) is 14.8. The van der Waals surface area contributed by atoms with Crippen molar-refractivity contribution in [2.24, 2.45) is 5.92 Å². The number of hydrogen-bond acceptors (Lipinski definition) is 4. The smallest absolute Gasteiger partial charge is 0.315 e. The number of carbonyl (C=O) groups excluding carboxylic acids is 2. The molecule has 0 aliphatic rings. The SMILES string of the molecule is CCOC(=O)CCNC(=O)NC(CC(=O)O)C(C)C. The minimum absolute atomic E-state index is 0.00640. The third-order valence-corrected chi connectivity index (χ3v) is 2.44. The van der Waals surface area contributed by atoms with E-state index in [4.69, 9.17) is 9.84 Å². The molecule has 0 saturated carbocycles. The van der Waals surface area contributed by atoms with Crippen molar-refractivity contribution >= 4 is 18.0 Å². The normalized spacial score (nSPS) is 11.8. The first-order valence-electron chi connectivity index (χ1n) is 6.28. The van der Waals surface area contributed by atoms with E-state index in [0.717, 1.165) is 0 Å². The third kappa shape index (κ3) is 8.87. The summed E-state index contributed by atoms with van der Waals surface area (Å²) >= 11 is 0. The second kappa shape index (κ2) is 9.18. The number of amides is 2. The number of urea groups is 1. The van der Waals surface area contributed by atoms with Crippen LogP contribution < -0.4 is 10.6 Å². The van der Waals surface area contributed by atoms with Gasteiger partial charge in [0.2, 0.25) is 0 Å². The summed E-state index contributed by atoms with van der Waals surface area (Å²) in [5.74, 6) is -1.34. The predicted molar refractivity (Wildman–Crippen MR) is 68.7 cm³/mol. The van der Waals surface area contributed by atoms with E-state index in [1.54, 1.807) is 6.92 Å². The number of ether oxygens (including phenoxy) is 1. The molecule has 0 heterocycles. The van der Waals surface area contributed by atoms with E-state index in [9.17, 15) is 14.4 Å². The molecule has 0 aromatic heterocycles. The van der Waals surface area contributed by atoms with Gasteiger partial charge in [-0.2, -0.15) is 0 Å². The highest BCUT2D eigenvalue weighted by Gasteiger charge is 2.19. The van der Waals surface area contributed by atoms with Crippen LogP contribution in [0.1, 0.15) is 33.6 Å². The minimum Gasteiger partial charge on any atom is -0.481 e. The molecule has 0 rings (SSSR count). The van der Waals surface area contributed by atoms with Gasteiger partial charge in [0.1, 0.15) is 0 Å². The molecule has 0 spiro atoms. The molecule has 0 aliphatic carbocycles. The molecular weight excluding hydrogens is 252 g/mol. The Labute approximate surface area is 112 Å². The fourth-order valence-electron chi connectivity index (χ4n) is 1.37. The molecule has 7 nitrogen and oxygen atoms in total. The maximum atomic E-state index is 11.5. The quantitative estimate of drug-likeness (QED) is 0.566. The number of esters is 1. The number of hydrogen-bond donors (Lipinski definition) is 3. The number of carboxylic acids is 1. The average Bonchev–Trinajstić information content (AvgIpc) is 2.27. The van der Waals surface area contributed by atoms with Crippen LogP contribution in [0.2, 0.25) is 0 Å². The first-order chi connectivity index (χ1) is 8.86. The van der Waals surface area contributed by atoms with Gasteiger partial charge < -0.3 is 20.5 Å². The Bertz CT molecular complexity index is 317. The van der Waals surface area contributed by atoms with Crippen LogP contribution in [0, 0.1) is 5.92 Å². The van der Waals surface area contributed by atoms with Crippen molar-refractivity contribution in [1.82, 2.24) is 10.6 Å². The van der Waals surface area contributed by atoms with Crippen molar-refractivity contribution in [3.8, 4) is 0 Å². The predicted octanol–water partition coefficient (Wildman–Crippen LogP) is 0.738. The van der Waals surface area contributed by atoms with Crippen LogP contribution >= 0.6 is 0 Å². The molecule has 0 aromatic rings. The summed E-state index contributed by atoms with van der Waals surface area (Å²) in [5.41, 5.74) is 0. The molecule has 0 fully saturated rings. The monoisotopic (exact) mass is 274 g/mol. The number of carboxylic acid groups (broad SMARTS) is 1. The molecule has 2 amide bonds. The molecule has 0 bridgehead atoms. The largest absolute Gasteiger partial charge is 0.481 e. The van der Waals surface area contributed by atoms with E-state index in [-0.39, 0.29) is 31.3 Å². The topological polar surface area (TPSA) is 105 Å². The van der Waals surface area contributed by atoms with Gasteiger partial charge in [0.05, 0.1) is 19.4 Å². The van der Waals surface area contributed by atoms with E-state index in [2.05, 4.69) is 10.6 Å². The molecule has 3 N–H and O–H groups in total. The lowest BCUT2D eigenvalue weighted by Gasteiger charge is -2.20. The summed E-state index contributed by atoms with van der Waals surface area (Å²) < 4.78 is 4.71. The molecule has 0 radical (unpaired) electrons. The summed E-state index contributed by atoms with van der Waals surface area (Å²) in [5, 5.41) is 13.8. The highest BCUT2D eigenvalue weighted by atomic mass is 16.5. The number of rotatable bonds is 8. The summed E-state index contributed by atoms with van der Waals surface area (Å²) in [6.45, 7) is 5.82.